The van der Waals surface area contributed by atoms with E-state index in [9.17, 15) is 4.79 Å². The molecule has 1 amide bonds. The highest BCUT2D eigenvalue weighted by Crippen LogP contribution is 2.26. The summed E-state index contributed by atoms with van der Waals surface area (Å²) in [5.74, 6) is 0.279. The van der Waals surface area contributed by atoms with Crippen molar-refractivity contribution in [3.8, 4) is 5.75 Å². The molecule has 2 aromatic carbocycles. The quantitative estimate of drug-likeness (QED) is 0.816. The highest BCUT2D eigenvalue weighted by molar-refractivity contribution is 9.10. The van der Waals surface area contributed by atoms with Gasteiger partial charge in [0.25, 0.3) is 5.91 Å². The zero-order chi connectivity index (χ0) is 15.4. The molecule has 0 fully saturated rings. The van der Waals surface area contributed by atoms with Gasteiger partial charge in [-0.2, -0.15) is 0 Å². The average molecular weight is 365 g/mol. The molecule has 3 N–H and O–H groups in total. The lowest BCUT2D eigenvalue weighted by Gasteiger charge is -2.11. The first-order valence-electron chi connectivity index (χ1n) is 6.06. The largest absolute Gasteiger partial charge is 0.495 e. The van der Waals surface area contributed by atoms with Crippen LogP contribution in [0.2, 0.25) is 0 Å². The Morgan fingerprint density at radius 1 is 1.24 bits per heavy atom. The van der Waals surface area contributed by atoms with Gasteiger partial charge in [-0.15, -0.1) is 0 Å². The van der Waals surface area contributed by atoms with E-state index < -0.39 is 0 Å². The van der Waals surface area contributed by atoms with Crippen LogP contribution < -0.4 is 15.8 Å². The molecule has 2 rings (SSSR count). The van der Waals surface area contributed by atoms with E-state index in [2.05, 4.69) is 21.2 Å². The second-order valence-corrected chi connectivity index (χ2v) is 5.60. The number of ether oxygens (including phenoxy) is 1. The summed E-state index contributed by atoms with van der Waals surface area (Å²) >= 11 is 8.26. The lowest BCUT2D eigenvalue weighted by Crippen LogP contribution is -2.14. The zero-order valence-corrected chi connectivity index (χ0v) is 13.6. The van der Waals surface area contributed by atoms with Crippen LogP contribution in [0, 0.1) is 0 Å². The third-order valence-corrected chi connectivity index (χ3v) is 3.55. The number of halogens is 1. The molecular weight excluding hydrogens is 352 g/mol. The number of rotatable bonds is 4. The standard InChI is InChI=1S/C15H13BrN2O2S/c1-20-13-8-9(14(17)21)5-6-12(13)18-15(19)10-3-2-4-11(16)7-10/h2-8H,1H3,(H2,17,21)(H,18,19). The molecule has 108 valence electrons. The first kappa shape index (κ1) is 15.5. The van der Waals surface area contributed by atoms with Gasteiger partial charge in [0.15, 0.2) is 0 Å². The van der Waals surface area contributed by atoms with Gasteiger partial charge in [0.05, 0.1) is 12.8 Å². The molecule has 0 aliphatic rings. The van der Waals surface area contributed by atoms with Crippen LogP contribution in [-0.4, -0.2) is 18.0 Å². The maximum absolute atomic E-state index is 12.2. The Hall–Kier alpha value is -1.92. The van der Waals surface area contributed by atoms with Gasteiger partial charge in [0, 0.05) is 15.6 Å². The maximum Gasteiger partial charge on any atom is 0.255 e. The summed E-state index contributed by atoms with van der Waals surface area (Å²) in [6.45, 7) is 0. The molecular formula is C15H13BrN2O2S. The third-order valence-electron chi connectivity index (χ3n) is 2.82. The summed E-state index contributed by atoms with van der Waals surface area (Å²) in [5.41, 5.74) is 7.37. The number of amides is 1. The Balaban J connectivity index is 2.27. The normalized spacial score (nSPS) is 10.0. The molecule has 0 saturated heterocycles. The zero-order valence-electron chi connectivity index (χ0n) is 11.2. The van der Waals surface area contributed by atoms with Crippen LogP contribution in [0.3, 0.4) is 0 Å². The fourth-order valence-electron chi connectivity index (χ4n) is 1.77. The van der Waals surface area contributed by atoms with Crippen molar-refractivity contribution < 1.29 is 9.53 Å². The predicted molar refractivity (Wildman–Crippen MR) is 91.0 cm³/mol. The molecule has 4 nitrogen and oxygen atoms in total. The van der Waals surface area contributed by atoms with Crippen molar-refractivity contribution >= 4 is 44.7 Å². The maximum atomic E-state index is 12.2. The lowest BCUT2D eigenvalue weighted by atomic mass is 10.1. The fraction of sp³-hybridized carbons (Fsp3) is 0.0667. The van der Waals surface area contributed by atoms with Crippen LogP contribution in [0.25, 0.3) is 0 Å². The molecule has 0 saturated carbocycles. The van der Waals surface area contributed by atoms with Crippen molar-refractivity contribution in [3.05, 3.63) is 58.1 Å². The van der Waals surface area contributed by atoms with Gasteiger partial charge in [0.1, 0.15) is 10.7 Å². The lowest BCUT2D eigenvalue weighted by molar-refractivity contribution is 0.102. The van der Waals surface area contributed by atoms with E-state index in [1.807, 2.05) is 6.07 Å². The first-order valence-corrected chi connectivity index (χ1v) is 7.26. The minimum atomic E-state index is -0.224. The minimum Gasteiger partial charge on any atom is -0.495 e. The number of nitrogens with two attached hydrogens (primary N) is 1. The van der Waals surface area contributed by atoms with Crippen LogP contribution >= 0.6 is 28.1 Å². The smallest absolute Gasteiger partial charge is 0.255 e. The third kappa shape index (κ3) is 3.80. The Bertz CT molecular complexity index is 704. The van der Waals surface area contributed by atoms with E-state index in [-0.39, 0.29) is 10.9 Å². The van der Waals surface area contributed by atoms with E-state index in [1.165, 1.54) is 7.11 Å². The van der Waals surface area contributed by atoms with Crippen LogP contribution in [-0.2, 0) is 0 Å². The summed E-state index contributed by atoms with van der Waals surface area (Å²) in [6.07, 6.45) is 0. The molecule has 0 aromatic heterocycles. The number of hydrogen-bond acceptors (Lipinski definition) is 3. The highest BCUT2D eigenvalue weighted by Gasteiger charge is 2.11. The molecule has 6 heteroatoms. The molecule has 0 aliphatic carbocycles. The van der Waals surface area contributed by atoms with Crippen molar-refractivity contribution in [3.63, 3.8) is 0 Å². The average Bonchev–Trinajstić information content (AvgIpc) is 2.47. The van der Waals surface area contributed by atoms with Crippen molar-refractivity contribution in [1.29, 1.82) is 0 Å². The monoisotopic (exact) mass is 364 g/mol. The molecule has 0 aliphatic heterocycles. The molecule has 0 atom stereocenters. The van der Waals surface area contributed by atoms with Crippen LogP contribution in [0.4, 0.5) is 5.69 Å². The Morgan fingerprint density at radius 2 is 2.00 bits per heavy atom. The number of nitrogens with one attached hydrogen (secondary N) is 1. The molecule has 0 heterocycles. The summed E-state index contributed by atoms with van der Waals surface area (Å²) in [6, 6.07) is 12.3. The van der Waals surface area contributed by atoms with Crippen molar-refractivity contribution in [2.75, 3.05) is 12.4 Å². The summed E-state index contributed by atoms with van der Waals surface area (Å²) < 4.78 is 6.10. The first-order chi connectivity index (χ1) is 10.0. The summed E-state index contributed by atoms with van der Waals surface area (Å²) in [5, 5.41) is 2.80. The van der Waals surface area contributed by atoms with Gasteiger partial charge < -0.3 is 15.8 Å². The number of anilines is 1. The Morgan fingerprint density at radius 3 is 2.62 bits per heavy atom. The fourth-order valence-corrected chi connectivity index (χ4v) is 2.30. The molecule has 0 bridgehead atoms. The predicted octanol–water partition coefficient (Wildman–Crippen LogP) is 3.34. The van der Waals surface area contributed by atoms with Gasteiger partial charge in [-0.3, -0.25) is 4.79 Å². The minimum absolute atomic E-state index is 0.224. The van der Waals surface area contributed by atoms with E-state index in [0.29, 0.717) is 22.6 Å². The molecule has 0 unspecified atom stereocenters. The second-order valence-electron chi connectivity index (χ2n) is 4.24. The molecule has 0 radical (unpaired) electrons. The SMILES string of the molecule is COc1cc(C(N)=S)ccc1NC(=O)c1cccc(Br)c1. The summed E-state index contributed by atoms with van der Waals surface area (Å²) in [4.78, 5) is 12.5. The van der Waals surface area contributed by atoms with Gasteiger partial charge >= 0.3 is 0 Å². The number of thiocarbonyl (C=S) groups is 1. The highest BCUT2D eigenvalue weighted by atomic mass is 79.9. The summed E-state index contributed by atoms with van der Waals surface area (Å²) in [7, 11) is 1.52. The number of benzene rings is 2. The van der Waals surface area contributed by atoms with Crippen molar-refractivity contribution in [1.82, 2.24) is 0 Å². The van der Waals surface area contributed by atoms with E-state index >= 15 is 0 Å². The van der Waals surface area contributed by atoms with Gasteiger partial charge in [0.2, 0.25) is 0 Å². The van der Waals surface area contributed by atoms with E-state index in [1.54, 1.807) is 36.4 Å². The Labute approximate surface area is 136 Å². The second kappa shape index (κ2) is 6.69. The van der Waals surface area contributed by atoms with Crippen LogP contribution in [0.5, 0.6) is 5.75 Å². The van der Waals surface area contributed by atoms with Gasteiger partial charge in [-0.25, -0.2) is 0 Å². The van der Waals surface area contributed by atoms with Gasteiger partial charge in [-0.1, -0.05) is 34.2 Å². The van der Waals surface area contributed by atoms with Crippen LogP contribution in [0.1, 0.15) is 15.9 Å². The number of methoxy groups -OCH3 is 1. The number of hydrogen-bond donors (Lipinski definition) is 2. The molecule has 21 heavy (non-hydrogen) atoms. The number of carbonyl (C=O) groups is 1. The van der Waals surface area contributed by atoms with E-state index in [0.717, 1.165) is 4.47 Å². The van der Waals surface area contributed by atoms with Crippen LogP contribution in [0.15, 0.2) is 46.9 Å². The topological polar surface area (TPSA) is 64.3 Å². The van der Waals surface area contributed by atoms with Gasteiger partial charge in [-0.05, 0) is 36.4 Å². The Kier molecular flexibility index (Phi) is 4.93. The van der Waals surface area contributed by atoms with Crippen molar-refractivity contribution in [2.45, 2.75) is 0 Å². The number of carbonyl (C=O) groups excluding carboxylic acids is 1. The molecule has 2 aromatic rings. The van der Waals surface area contributed by atoms with Crippen molar-refractivity contribution in [2.24, 2.45) is 5.73 Å². The van der Waals surface area contributed by atoms with E-state index in [4.69, 9.17) is 22.7 Å². The molecule has 0 spiro atoms.